The van der Waals surface area contributed by atoms with E-state index in [1.807, 2.05) is 31.6 Å². The molecule has 29 heavy (non-hydrogen) atoms. The Morgan fingerprint density at radius 2 is 2.03 bits per heavy atom. The molecule has 1 fully saturated rings. The molecule has 0 spiro atoms. The van der Waals surface area contributed by atoms with Gasteiger partial charge in [-0.2, -0.15) is 0 Å². The Hall–Kier alpha value is -2.41. The first-order chi connectivity index (χ1) is 14.2. The number of likely N-dealkylation sites (tertiary alicyclic amines) is 1. The fraction of sp³-hybridized carbons (Fsp3) is 0.591. The maximum absolute atomic E-state index is 4.78. The Morgan fingerprint density at radius 3 is 2.72 bits per heavy atom. The molecule has 2 aromatic heterocycles. The third-order valence-corrected chi connectivity index (χ3v) is 5.39. The topological polar surface area (TPSA) is 70.4 Å². The number of pyridine rings is 1. The highest BCUT2D eigenvalue weighted by Gasteiger charge is 2.20. The van der Waals surface area contributed by atoms with Crippen LogP contribution in [0.2, 0.25) is 0 Å². The number of piperidine rings is 1. The number of hydrogen-bond donors (Lipinski definition) is 2. The van der Waals surface area contributed by atoms with Gasteiger partial charge in [-0.15, -0.1) is 0 Å². The molecule has 158 valence electrons. The van der Waals surface area contributed by atoms with Crippen LogP contribution in [0, 0.1) is 6.92 Å². The van der Waals surface area contributed by atoms with Crippen LogP contribution in [0.5, 0.6) is 0 Å². The maximum atomic E-state index is 4.78. The van der Waals surface area contributed by atoms with Crippen LogP contribution < -0.4 is 10.6 Å². The van der Waals surface area contributed by atoms with E-state index in [0.717, 1.165) is 82.4 Å². The highest BCUT2D eigenvalue weighted by molar-refractivity contribution is 5.80. The van der Waals surface area contributed by atoms with Crippen molar-refractivity contribution in [3.8, 4) is 0 Å². The summed E-state index contributed by atoms with van der Waals surface area (Å²) in [6.07, 6.45) is 10.3. The number of aliphatic imine (C=N–C) groups is 1. The Labute approximate surface area is 174 Å². The lowest BCUT2D eigenvalue weighted by molar-refractivity contribution is 0.196. The molecule has 0 radical (unpaired) electrons. The zero-order chi connectivity index (χ0) is 20.3. The van der Waals surface area contributed by atoms with Crippen LogP contribution in [0.15, 0.2) is 41.8 Å². The third-order valence-electron chi connectivity index (χ3n) is 5.39. The van der Waals surface area contributed by atoms with E-state index >= 15 is 0 Å². The molecule has 7 nitrogen and oxygen atoms in total. The first kappa shape index (κ1) is 21.3. The van der Waals surface area contributed by atoms with E-state index in [1.165, 1.54) is 0 Å². The summed E-state index contributed by atoms with van der Waals surface area (Å²) in [6.45, 7) is 10.1. The summed E-state index contributed by atoms with van der Waals surface area (Å²) < 4.78 is 2.20. The molecule has 3 rings (SSSR count). The molecular formula is C22H35N7. The first-order valence-electron chi connectivity index (χ1n) is 10.9. The van der Waals surface area contributed by atoms with Crippen molar-refractivity contribution in [3.63, 3.8) is 0 Å². The van der Waals surface area contributed by atoms with Crippen molar-refractivity contribution in [3.05, 3.63) is 48.3 Å². The van der Waals surface area contributed by atoms with E-state index in [9.17, 15) is 0 Å². The Balaban J connectivity index is 1.37. The smallest absolute Gasteiger partial charge is 0.191 e. The highest BCUT2D eigenvalue weighted by Crippen LogP contribution is 2.13. The molecule has 1 aliphatic rings. The molecule has 1 aliphatic heterocycles. The summed E-state index contributed by atoms with van der Waals surface area (Å²) in [5.41, 5.74) is 1.15. The van der Waals surface area contributed by atoms with Gasteiger partial charge in [0.15, 0.2) is 5.96 Å². The van der Waals surface area contributed by atoms with Crippen LogP contribution in [0.25, 0.3) is 0 Å². The molecule has 7 heteroatoms. The van der Waals surface area contributed by atoms with E-state index < -0.39 is 0 Å². The number of unbranched alkanes of at least 4 members (excludes halogenated alkanes) is 1. The van der Waals surface area contributed by atoms with Crippen molar-refractivity contribution in [2.24, 2.45) is 4.99 Å². The molecule has 3 heterocycles. The fourth-order valence-corrected chi connectivity index (χ4v) is 3.69. The predicted molar refractivity (Wildman–Crippen MR) is 118 cm³/mol. The normalized spacial score (nSPS) is 16.1. The zero-order valence-corrected chi connectivity index (χ0v) is 17.8. The number of aromatic nitrogens is 3. The zero-order valence-electron chi connectivity index (χ0n) is 17.8. The Bertz CT molecular complexity index is 733. The van der Waals surface area contributed by atoms with Gasteiger partial charge in [0.25, 0.3) is 0 Å². The number of guanidine groups is 1. The largest absolute Gasteiger partial charge is 0.357 e. The van der Waals surface area contributed by atoms with Crippen LogP contribution in [-0.4, -0.2) is 57.6 Å². The molecule has 0 amide bonds. The second-order valence-electron chi connectivity index (χ2n) is 7.65. The summed E-state index contributed by atoms with van der Waals surface area (Å²) >= 11 is 0. The van der Waals surface area contributed by atoms with E-state index in [0.29, 0.717) is 6.04 Å². The van der Waals surface area contributed by atoms with Gasteiger partial charge < -0.3 is 15.2 Å². The van der Waals surface area contributed by atoms with Crippen molar-refractivity contribution in [2.75, 3.05) is 26.2 Å². The third kappa shape index (κ3) is 7.16. The quantitative estimate of drug-likeness (QED) is 0.387. The summed E-state index contributed by atoms with van der Waals surface area (Å²) in [4.78, 5) is 16.0. The van der Waals surface area contributed by atoms with Crippen LogP contribution >= 0.6 is 0 Å². The SMILES string of the molecule is CCNC(=NCCCCn1ccnc1C)NC1CCN(Cc2ccccn2)CC1. The lowest BCUT2D eigenvalue weighted by Gasteiger charge is -2.32. The van der Waals surface area contributed by atoms with Crippen molar-refractivity contribution in [2.45, 2.75) is 58.7 Å². The fourth-order valence-electron chi connectivity index (χ4n) is 3.69. The van der Waals surface area contributed by atoms with E-state index in [4.69, 9.17) is 4.99 Å². The van der Waals surface area contributed by atoms with E-state index in [-0.39, 0.29) is 0 Å². The van der Waals surface area contributed by atoms with Crippen molar-refractivity contribution >= 4 is 5.96 Å². The molecule has 0 unspecified atom stereocenters. The molecule has 1 saturated heterocycles. The standard InChI is InChI=1S/C22H35N7/c1-3-23-22(26-12-6-7-14-29-17-13-24-19(29)2)27-20-9-15-28(16-10-20)18-21-8-4-5-11-25-21/h4-5,8,11,13,17,20H,3,6-7,9-10,12,14-16,18H2,1-2H3,(H2,23,26,27). The van der Waals surface area contributed by atoms with E-state index in [1.54, 1.807) is 0 Å². The van der Waals surface area contributed by atoms with Crippen molar-refractivity contribution in [1.29, 1.82) is 0 Å². The monoisotopic (exact) mass is 397 g/mol. The average Bonchev–Trinajstić information content (AvgIpc) is 3.15. The summed E-state index contributed by atoms with van der Waals surface area (Å²) in [5.74, 6) is 2.03. The minimum absolute atomic E-state index is 0.487. The van der Waals surface area contributed by atoms with Crippen LogP contribution in [0.3, 0.4) is 0 Å². The van der Waals surface area contributed by atoms with Gasteiger partial charge in [-0.05, 0) is 51.7 Å². The number of hydrogen-bond acceptors (Lipinski definition) is 4. The number of aryl methyl sites for hydroxylation is 2. The number of rotatable bonds is 9. The van der Waals surface area contributed by atoms with Gasteiger partial charge in [0.2, 0.25) is 0 Å². The van der Waals surface area contributed by atoms with Gasteiger partial charge in [-0.3, -0.25) is 14.9 Å². The Morgan fingerprint density at radius 1 is 1.17 bits per heavy atom. The van der Waals surface area contributed by atoms with Crippen molar-refractivity contribution in [1.82, 2.24) is 30.1 Å². The molecule has 2 N–H and O–H groups in total. The molecule has 0 bridgehead atoms. The summed E-state index contributed by atoms with van der Waals surface area (Å²) in [6, 6.07) is 6.63. The molecule has 0 aromatic carbocycles. The van der Waals surface area contributed by atoms with Gasteiger partial charge in [0, 0.05) is 63.9 Å². The van der Waals surface area contributed by atoms with E-state index in [2.05, 4.69) is 49.1 Å². The predicted octanol–water partition coefficient (Wildman–Crippen LogP) is 2.59. The van der Waals surface area contributed by atoms with Crippen LogP contribution in [0.4, 0.5) is 0 Å². The second kappa shape index (κ2) is 11.6. The van der Waals surface area contributed by atoms with Crippen molar-refractivity contribution < 1.29 is 0 Å². The Kier molecular flexibility index (Phi) is 8.49. The molecule has 0 aliphatic carbocycles. The van der Waals surface area contributed by atoms with Crippen LogP contribution in [-0.2, 0) is 13.1 Å². The summed E-state index contributed by atoms with van der Waals surface area (Å²) in [7, 11) is 0. The number of nitrogens with one attached hydrogen (secondary N) is 2. The van der Waals surface area contributed by atoms with Gasteiger partial charge in [0.1, 0.15) is 5.82 Å². The first-order valence-corrected chi connectivity index (χ1v) is 10.9. The molecule has 0 saturated carbocycles. The average molecular weight is 398 g/mol. The second-order valence-corrected chi connectivity index (χ2v) is 7.65. The van der Waals surface area contributed by atoms with Gasteiger partial charge >= 0.3 is 0 Å². The highest BCUT2D eigenvalue weighted by atomic mass is 15.2. The van der Waals surface area contributed by atoms with Gasteiger partial charge in [-0.1, -0.05) is 6.07 Å². The van der Waals surface area contributed by atoms with Crippen LogP contribution in [0.1, 0.15) is 44.1 Å². The minimum Gasteiger partial charge on any atom is -0.357 e. The number of imidazole rings is 1. The lowest BCUT2D eigenvalue weighted by atomic mass is 10.0. The lowest BCUT2D eigenvalue weighted by Crippen LogP contribution is -2.48. The minimum atomic E-state index is 0.487. The molecular weight excluding hydrogens is 362 g/mol. The molecule has 0 atom stereocenters. The van der Waals surface area contributed by atoms with Gasteiger partial charge in [-0.25, -0.2) is 4.98 Å². The molecule has 2 aromatic rings. The maximum Gasteiger partial charge on any atom is 0.191 e. The number of nitrogens with zero attached hydrogens (tertiary/aromatic N) is 5. The summed E-state index contributed by atoms with van der Waals surface area (Å²) in [5, 5.41) is 7.03. The van der Waals surface area contributed by atoms with Gasteiger partial charge in [0.05, 0.1) is 5.69 Å².